The van der Waals surface area contributed by atoms with Gasteiger partial charge in [0, 0.05) is 19.6 Å². The Morgan fingerprint density at radius 1 is 1.53 bits per heavy atom. The minimum absolute atomic E-state index is 0.283. The molecule has 1 N–H and O–H groups in total. The molecule has 1 aliphatic rings. The predicted octanol–water partition coefficient (Wildman–Crippen LogP) is 1.41. The summed E-state index contributed by atoms with van der Waals surface area (Å²) in [6.07, 6.45) is 3.63. The number of likely N-dealkylation sites (N-methyl/N-ethyl adjacent to an activating group) is 1. The molecule has 82 valence electrons. The van der Waals surface area contributed by atoms with Crippen LogP contribution >= 0.6 is 0 Å². The van der Waals surface area contributed by atoms with Gasteiger partial charge in [-0.15, -0.1) is 0 Å². The molecule has 1 atom stereocenters. The molecule has 3 nitrogen and oxygen atoms in total. The summed E-state index contributed by atoms with van der Waals surface area (Å²) in [5, 5.41) is 3.35. The van der Waals surface area contributed by atoms with Crippen LogP contribution in [0.15, 0.2) is 18.3 Å². The molecule has 2 rings (SSSR count). The number of aromatic nitrogens is 1. The lowest BCUT2D eigenvalue weighted by atomic mass is 10.1. The summed E-state index contributed by atoms with van der Waals surface area (Å²) < 4.78 is 12.7. The number of hydrogen-bond donors (Lipinski definition) is 1. The quantitative estimate of drug-likeness (QED) is 0.798. The van der Waals surface area contributed by atoms with Crippen LogP contribution in [0.5, 0.6) is 0 Å². The normalized spacial score (nSPS) is 21.3. The Morgan fingerprint density at radius 2 is 2.40 bits per heavy atom. The van der Waals surface area contributed by atoms with Crippen molar-refractivity contribution in [3.05, 3.63) is 24.1 Å². The number of rotatable bonds is 2. The van der Waals surface area contributed by atoms with Crippen molar-refractivity contribution in [3.8, 4) is 0 Å². The van der Waals surface area contributed by atoms with Gasteiger partial charge in [0.25, 0.3) is 0 Å². The Bertz CT molecular complexity index is 306. The second kappa shape index (κ2) is 4.57. The van der Waals surface area contributed by atoms with Crippen LogP contribution in [0.3, 0.4) is 0 Å². The summed E-state index contributed by atoms with van der Waals surface area (Å²) in [5.74, 6) is 0.555. The van der Waals surface area contributed by atoms with Gasteiger partial charge < -0.3 is 10.2 Å². The fraction of sp³-hybridized carbons (Fsp3) is 0.545. The van der Waals surface area contributed by atoms with E-state index in [1.807, 2.05) is 7.05 Å². The molecule has 0 spiro atoms. The standard InChI is InChI=1S/C11H16FN3/c1-15(10-3-2-6-13-8-10)11-5-4-9(12)7-14-11/h4-5,7,10,13H,2-3,6,8H2,1H3. The molecule has 0 bridgehead atoms. The summed E-state index contributed by atoms with van der Waals surface area (Å²) in [4.78, 5) is 6.19. The van der Waals surface area contributed by atoms with Gasteiger partial charge in [0.05, 0.1) is 6.20 Å². The topological polar surface area (TPSA) is 28.2 Å². The van der Waals surface area contributed by atoms with Gasteiger partial charge in [-0.05, 0) is 31.5 Å². The van der Waals surface area contributed by atoms with Crippen LogP contribution in [0.25, 0.3) is 0 Å². The largest absolute Gasteiger partial charge is 0.355 e. The molecular formula is C11H16FN3. The van der Waals surface area contributed by atoms with Gasteiger partial charge in [-0.2, -0.15) is 0 Å². The number of nitrogens with zero attached hydrogens (tertiary/aromatic N) is 2. The third kappa shape index (κ3) is 2.45. The van der Waals surface area contributed by atoms with E-state index < -0.39 is 0 Å². The van der Waals surface area contributed by atoms with E-state index in [2.05, 4.69) is 15.2 Å². The Morgan fingerprint density at radius 3 is 3.00 bits per heavy atom. The highest BCUT2D eigenvalue weighted by atomic mass is 19.1. The van der Waals surface area contributed by atoms with E-state index >= 15 is 0 Å². The summed E-state index contributed by atoms with van der Waals surface area (Å²) in [7, 11) is 2.01. The summed E-state index contributed by atoms with van der Waals surface area (Å²) in [5.41, 5.74) is 0. The van der Waals surface area contributed by atoms with Crippen molar-refractivity contribution in [2.24, 2.45) is 0 Å². The van der Waals surface area contributed by atoms with Gasteiger partial charge in [-0.1, -0.05) is 0 Å². The zero-order valence-corrected chi connectivity index (χ0v) is 8.91. The molecule has 0 aromatic carbocycles. The number of hydrogen-bond acceptors (Lipinski definition) is 3. The lowest BCUT2D eigenvalue weighted by molar-refractivity contribution is 0.443. The number of piperidine rings is 1. The maximum absolute atomic E-state index is 12.7. The van der Waals surface area contributed by atoms with Crippen molar-refractivity contribution in [3.63, 3.8) is 0 Å². The fourth-order valence-electron chi connectivity index (χ4n) is 1.93. The molecule has 15 heavy (non-hydrogen) atoms. The van der Waals surface area contributed by atoms with Crippen LogP contribution in [0.1, 0.15) is 12.8 Å². The van der Waals surface area contributed by atoms with Crippen LogP contribution in [-0.2, 0) is 0 Å². The van der Waals surface area contributed by atoms with Crippen LogP contribution in [0, 0.1) is 5.82 Å². The SMILES string of the molecule is CN(c1ccc(F)cn1)C1CCCNC1. The van der Waals surface area contributed by atoms with Crippen molar-refractivity contribution in [1.29, 1.82) is 0 Å². The van der Waals surface area contributed by atoms with Gasteiger partial charge in [0.2, 0.25) is 0 Å². The third-order valence-electron chi connectivity index (χ3n) is 2.89. The fourth-order valence-corrected chi connectivity index (χ4v) is 1.93. The highest BCUT2D eigenvalue weighted by Crippen LogP contribution is 2.16. The van der Waals surface area contributed by atoms with Gasteiger partial charge in [0.1, 0.15) is 11.6 Å². The summed E-state index contributed by atoms with van der Waals surface area (Å²) in [6.45, 7) is 2.08. The molecule has 0 aliphatic carbocycles. The smallest absolute Gasteiger partial charge is 0.141 e. The molecule has 1 fully saturated rings. The first-order valence-electron chi connectivity index (χ1n) is 5.32. The van der Waals surface area contributed by atoms with Gasteiger partial charge >= 0.3 is 0 Å². The average molecular weight is 209 g/mol. The van der Waals surface area contributed by atoms with E-state index in [9.17, 15) is 4.39 Å². The van der Waals surface area contributed by atoms with Crippen LogP contribution < -0.4 is 10.2 Å². The second-order valence-electron chi connectivity index (χ2n) is 3.95. The Labute approximate surface area is 89.3 Å². The molecule has 1 aromatic heterocycles. The van der Waals surface area contributed by atoms with Crippen molar-refractivity contribution in [2.45, 2.75) is 18.9 Å². The Kier molecular flexibility index (Phi) is 3.16. The summed E-state index contributed by atoms with van der Waals surface area (Å²) >= 11 is 0. The van der Waals surface area contributed by atoms with Crippen molar-refractivity contribution < 1.29 is 4.39 Å². The molecule has 4 heteroatoms. The molecule has 1 saturated heterocycles. The van der Waals surface area contributed by atoms with E-state index in [1.54, 1.807) is 6.07 Å². The highest BCUT2D eigenvalue weighted by Gasteiger charge is 2.18. The van der Waals surface area contributed by atoms with Gasteiger partial charge in [-0.3, -0.25) is 0 Å². The number of halogens is 1. The third-order valence-corrected chi connectivity index (χ3v) is 2.89. The minimum Gasteiger partial charge on any atom is -0.355 e. The zero-order valence-electron chi connectivity index (χ0n) is 8.91. The lowest BCUT2D eigenvalue weighted by Crippen LogP contribution is -2.44. The molecule has 0 amide bonds. The molecule has 0 saturated carbocycles. The molecular weight excluding hydrogens is 193 g/mol. The van der Waals surface area contributed by atoms with E-state index in [0.717, 1.165) is 18.9 Å². The van der Waals surface area contributed by atoms with E-state index in [4.69, 9.17) is 0 Å². The van der Waals surface area contributed by atoms with Crippen LogP contribution in [-0.4, -0.2) is 31.2 Å². The molecule has 1 unspecified atom stereocenters. The van der Waals surface area contributed by atoms with Gasteiger partial charge in [0.15, 0.2) is 0 Å². The zero-order chi connectivity index (χ0) is 10.7. The average Bonchev–Trinajstić information content (AvgIpc) is 2.30. The first kappa shape index (κ1) is 10.4. The van der Waals surface area contributed by atoms with E-state index in [0.29, 0.717) is 6.04 Å². The maximum Gasteiger partial charge on any atom is 0.141 e. The Hall–Kier alpha value is -1.16. The number of nitrogens with one attached hydrogen (secondary N) is 1. The molecule has 1 aromatic rings. The highest BCUT2D eigenvalue weighted by molar-refractivity contribution is 5.38. The summed E-state index contributed by atoms with van der Waals surface area (Å²) in [6, 6.07) is 3.65. The van der Waals surface area contributed by atoms with Crippen molar-refractivity contribution >= 4 is 5.82 Å². The number of pyridine rings is 1. The first-order chi connectivity index (χ1) is 7.27. The molecule has 0 radical (unpaired) electrons. The lowest BCUT2D eigenvalue weighted by Gasteiger charge is -2.32. The van der Waals surface area contributed by atoms with Crippen LogP contribution in [0.2, 0.25) is 0 Å². The van der Waals surface area contributed by atoms with E-state index in [-0.39, 0.29) is 5.82 Å². The minimum atomic E-state index is -0.283. The van der Waals surface area contributed by atoms with Crippen LogP contribution in [0.4, 0.5) is 10.2 Å². The maximum atomic E-state index is 12.7. The van der Waals surface area contributed by atoms with E-state index in [1.165, 1.54) is 25.1 Å². The van der Waals surface area contributed by atoms with Gasteiger partial charge in [-0.25, -0.2) is 9.37 Å². The monoisotopic (exact) mass is 209 g/mol. The Balaban J connectivity index is 2.05. The molecule has 2 heterocycles. The predicted molar refractivity (Wildman–Crippen MR) is 58.5 cm³/mol. The number of anilines is 1. The van der Waals surface area contributed by atoms with Crippen molar-refractivity contribution in [1.82, 2.24) is 10.3 Å². The first-order valence-corrected chi connectivity index (χ1v) is 5.32. The molecule has 1 aliphatic heterocycles. The van der Waals surface area contributed by atoms with Crippen molar-refractivity contribution in [2.75, 3.05) is 25.0 Å². The second-order valence-corrected chi connectivity index (χ2v) is 3.95.